The van der Waals surface area contributed by atoms with Crippen molar-refractivity contribution in [2.24, 2.45) is 5.73 Å². The lowest BCUT2D eigenvalue weighted by molar-refractivity contribution is -0.107. The zero-order valence-corrected chi connectivity index (χ0v) is 19.2. The van der Waals surface area contributed by atoms with Crippen LogP contribution in [0.4, 0.5) is 26.0 Å². The van der Waals surface area contributed by atoms with Gasteiger partial charge in [0, 0.05) is 29.9 Å². The molecule has 0 aliphatic carbocycles. The second kappa shape index (κ2) is 11.6. The van der Waals surface area contributed by atoms with Crippen molar-refractivity contribution < 1.29 is 19.2 Å². The topological polar surface area (TPSA) is 155 Å². The van der Waals surface area contributed by atoms with Crippen LogP contribution in [0.5, 0.6) is 0 Å². The van der Waals surface area contributed by atoms with Crippen molar-refractivity contribution in [3.05, 3.63) is 59.7 Å². The van der Waals surface area contributed by atoms with E-state index < -0.39 is 18.0 Å². The molecule has 0 fully saturated rings. The number of aldehydes is 1. The lowest BCUT2D eigenvalue weighted by Crippen LogP contribution is -2.30. The predicted molar refractivity (Wildman–Crippen MR) is 132 cm³/mol. The molecule has 1 aromatic heterocycles. The van der Waals surface area contributed by atoms with E-state index in [-0.39, 0.29) is 10.6 Å². The molecule has 0 spiro atoms. The van der Waals surface area contributed by atoms with E-state index in [9.17, 15) is 19.2 Å². The summed E-state index contributed by atoms with van der Waals surface area (Å²) < 4.78 is 4.28. The maximum Gasteiger partial charge on any atom is 0.323 e. The standard InChI is InChI=1S/C23H24N6O4S/c1-14-4-8-16(9-5-14)26-23(33)27-17-10-6-15(7-11-17)19-18(20(24)31)21(34-29-19)28-22(32)25-12-2-3-13-30/h4-11,13H,2-3,12H2,1H3,(H2,24,31)(H2,25,28,32)(H2,26,27,33). The molecule has 176 valence electrons. The van der Waals surface area contributed by atoms with Crippen LogP contribution in [-0.4, -0.2) is 35.2 Å². The van der Waals surface area contributed by atoms with Crippen molar-refractivity contribution in [1.82, 2.24) is 9.69 Å². The van der Waals surface area contributed by atoms with Gasteiger partial charge in [-0.15, -0.1) is 0 Å². The Bertz CT molecular complexity index is 1180. The fraction of sp³-hybridized carbons (Fsp3) is 0.174. The van der Waals surface area contributed by atoms with Crippen LogP contribution in [-0.2, 0) is 4.79 Å². The van der Waals surface area contributed by atoms with E-state index in [4.69, 9.17) is 5.73 Å². The van der Waals surface area contributed by atoms with Crippen LogP contribution in [0.15, 0.2) is 48.5 Å². The van der Waals surface area contributed by atoms with Gasteiger partial charge in [0.2, 0.25) is 0 Å². The molecular formula is C23H24N6O4S. The van der Waals surface area contributed by atoms with Gasteiger partial charge in [-0.1, -0.05) is 29.8 Å². The molecule has 6 N–H and O–H groups in total. The number of unbranched alkanes of at least 4 members (excludes halogenated alkanes) is 1. The summed E-state index contributed by atoms with van der Waals surface area (Å²) in [5.41, 5.74) is 8.84. The minimum atomic E-state index is -0.736. The highest BCUT2D eigenvalue weighted by atomic mass is 32.1. The predicted octanol–water partition coefficient (Wildman–Crippen LogP) is 3.96. The van der Waals surface area contributed by atoms with E-state index in [1.165, 1.54) is 0 Å². The number of carbonyl (C=O) groups is 4. The maximum atomic E-state index is 12.2. The number of primary amides is 1. The van der Waals surface area contributed by atoms with E-state index in [0.29, 0.717) is 42.0 Å². The number of hydrogen-bond donors (Lipinski definition) is 5. The average Bonchev–Trinajstić information content (AvgIpc) is 3.22. The SMILES string of the molecule is Cc1ccc(NC(=O)Nc2ccc(-c3nsc(NC(=O)NCCCC=O)c3C(N)=O)cc2)cc1. The molecule has 0 aliphatic heterocycles. The lowest BCUT2D eigenvalue weighted by Gasteiger charge is -2.09. The van der Waals surface area contributed by atoms with E-state index >= 15 is 0 Å². The number of nitrogens with one attached hydrogen (secondary N) is 4. The Kier molecular flexibility index (Phi) is 8.30. The Hall–Kier alpha value is -4.25. The Labute approximate surface area is 200 Å². The Balaban J connectivity index is 1.66. The summed E-state index contributed by atoms with van der Waals surface area (Å²) in [4.78, 5) is 46.7. The normalized spacial score (nSPS) is 10.3. The van der Waals surface area contributed by atoms with Crippen molar-refractivity contribution in [2.45, 2.75) is 19.8 Å². The first-order chi connectivity index (χ1) is 16.4. The number of carbonyl (C=O) groups excluding carboxylic acids is 4. The van der Waals surface area contributed by atoms with Crippen LogP contribution in [0.2, 0.25) is 0 Å². The number of anilines is 3. The number of nitrogens with zero attached hydrogens (tertiary/aromatic N) is 1. The molecule has 0 radical (unpaired) electrons. The van der Waals surface area contributed by atoms with Crippen molar-refractivity contribution in [2.75, 3.05) is 22.5 Å². The molecule has 3 rings (SSSR count). The third kappa shape index (κ3) is 6.62. The molecule has 1 heterocycles. The number of aryl methyl sites for hydroxylation is 1. The Morgan fingerprint density at radius 1 is 0.941 bits per heavy atom. The van der Waals surface area contributed by atoms with Crippen LogP contribution in [0, 0.1) is 6.92 Å². The number of benzene rings is 2. The van der Waals surface area contributed by atoms with Crippen LogP contribution in [0.25, 0.3) is 11.3 Å². The van der Waals surface area contributed by atoms with Gasteiger partial charge < -0.3 is 26.5 Å². The second-order valence-electron chi connectivity index (χ2n) is 7.31. The van der Waals surface area contributed by atoms with Gasteiger partial charge >= 0.3 is 12.1 Å². The van der Waals surface area contributed by atoms with Gasteiger partial charge in [-0.25, -0.2) is 9.59 Å². The number of amides is 5. The number of nitrogens with two attached hydrogens (primary N) is 1. The first kappa shape index (κ1) is 24.4. The molecule has 5 amide bonds. The van der Waals surface area contributed by atoms with Crippen molar-refractivity contribution in [3.8, 4) is 11.3 Å². The number of rotatable bonds is 9. The molecule has 3 aromatic rings. The highest BCUT2D eigenvalue weighted by molar-refractivity contribution is 7.11. The molecule has 34 heavy (non-hydrogen) atoms. The minimum absolute atomic E-state index is 0.0888. The first-order valence-electron chi connectivity index (χ1n) is 10.4. The van der Waals surface area contributed by atoms with Crippen LogP contribution in [0.1, 0.15) is 28.8 Å². The summed E-state index contributed by atoms with van der Waals surface area (Å²) in [5.74, 6) is -0.736. The first-order valence-corrected chi connectivity index (χ1v) is 11.2. The van der Waals surface area contributed by atoms with Gasteiger partial charge in [0.05, 0.1) is 5.69 Å². The quantitative estimate of drug-likeness (QED) is 0.231. The van der Waals surface area contributed by atoms with Gasteiger partial charge in [0.1, 0.15) is 16.9 Å². The molecule has 11 heteroatoms. The second-order valence-corrected chi connectivity index (χ2v) is 8.09. The fourth-order valence-corrected chi connectivity index (χ4v) is 3.78. The maximum absolute atomic E-state index is 12.2. The van der Waals surface area contributed by atoms with E-state index in [1.54, 1.807) is 24.3 Å². The van der Waals surface area contributed by atoms with Crippen molar-refractivity contribution >= 4 is 52.2 Å². The highest BCUT2D eigenvalue weighted by Crippen LogP contribution is 2.32. The van der Waals surface area contributed by atoms with Crippen LogP contribution < -0.4 is 27.0 Å². The molecular weight excluding hydrogens is 456 g/mol. The molecule has 0 bridgehead atoms. The molecule has 0 unspecified atom stereocenters. The summed E-state index contributed by atoms with van der Waals surface area (Å²) in [6.07, 6.45) is 1.63. The lowest BCUT2D eigenvalue weighted by atomic mass is 10.1. The van der Waals surface area contributed by atoms with Gasteiger partial charge in [-0.2, -0.15) is 4.37 Å². The molecule has 0 atom stereocenters. The van der Waals surface area contributed by atoms with E-state index in [1.807, 2.05) is 31.2 Å². The largest absolute Gasteiger partial charge is 0.365 e. The molecule has 10 nitrogen and oxygen atoms in total. The third-order valence-electron chi connectivity index (χ3n) is 4.68. The van der Waals surface area contributed by atoms with Crippen LogP contribution in [0.3, 0.4) is 0 Å². The van der Waals surface area contributed by atoms with Gasteiger partial charge in [-0.3, -0.25) is 10.1 Å². The van der Waals surface area contributed by atoms with E-state index in [0.717, 1.165) is 23.4 Å². The molecule has 0 aliphatic rings. The zero-order valence-electron chi connectivity index (χ0n) is 18.4. The number of aromatic nitrogens is 1. The van der Waals surface area contributed by atoms with E-state index in [2.05, 4.69) is 25.6 Å². The molecule has 0 saturated carbocycles. The van der Waals surface area contributed by atoms with Gasteiger partial charge in [-0.05, 0) is 49.1 Å². The summed E-state index contributed by atoms with van der Waals surface area (Å²) in [7, 11) is 0. The smallest absolute Gasteiger partial charge is 0.323 e. The monoisotopic (exact) mass is 480 g/mol. The number of urea groups is 2. The van der Waals surface area contributed by atoms with Crippen molar-refractivity contribution in [1.29, 1.82) is 0 Å². The minimum Gasteiger partial charge on any atom is -0.365 e. The van der Waals surface area contributed by atoms with Crippen molar-refractivity contribution in [3.63, 3.8) is 0 Å². The summed E-state index contributed by atoms with van der Waals surface area (Å²) in [5, 5.41) is 10.9. The summed E-state index contributed by atoms with van der Waals surface area (Å²) >= 11 is 0.930. The number of hydrogen-bond acceptors (Lipinski definition) is 6. The Morgan fingerprint density at radius 3 is 2.15 bits per heavy atom. The zero-order chi connectivity index (χ0) is 24.5. The third-order valence-corrected chi connectivity index (χ3v) is 5.44. The molecule has 2 aromatic carbocycles. The summed E-state index contributed by atoms with van der Waals surface area (Å²) in [6.45, 7) is 2.28. The van der Waals surface area contributed by atoms with Gasteiger partial charge in [0.15, 0.2) is 0 Å². The highest BCUT2D eigenvalue weighted by Gasteiger charge is 2.21. The fourth-order valence-electron chi connectivity index (χ4n) is 2.98. The average molecular weight is 481 g/mol. The Morgan fingerprint density at radius 2 is 1.56 bits per heavy atom. The van der Waals surface area contributed by atoms with Gasteiger partial charge in [0.25, 0.3) is 5.91 Å². The molecule has 0 saturated heterocycles. The van der Waals surface area contributed by atoms with Crippen LogP contribution >= 0.6 is 11.5 Å². The summed E-state index contributed by atoms with van der Waals surface area (Å²) in [6, 6.07) is 13.2.